The van der Waals surface area contributed by atoms with Crippen molar-refractivity contribution < 1.29 is 14.3 Å². The Morgan fingerprint density at radius 3 is 2.60 bits per heavy atom. The minimum absolute atomic E-state index is 0.00769. The van der Waals surface area contributed by atoms with Gasteiger partial charge >= 0.3 is 0 Å². The summed E-state index contributed by atoms with van der Waals surface area (Å²) >= 11 is 1.26. The molecule has 6 rings (SSSR count). The van der Waals surface area contributed by atoms with E-state index in [1.54, 1.807) is 7.11 Å². The summed E-state index contributed by atoms with van der Waals surface area (Å²) in [6.07, 6.45) is 8.89. The minimum Gasteiger partial charge on any atom is -0.497 e. The van der Waals surface area contributed by atoms with Crippen LogP contribution >= 0.6 is 12.1 Å². The van der Waals surface area contributed by atoms with Crippen LogP contribution in [0.3, 0.4) is 0 Å². The lowest BCUT2D eigenvalue weighted by Crippen LogP contribution is -2.20. The molecular weight excluding hydrogens is 560 g/mol. The number of nitrogens with zero attached hydrogens (tertiary/aromatic N) is 5. The highest BCUT2D eigenvalue weighted by molar-refractivity contribution is 7.95. The largest absolute Gasteiger partial charge is 0.497 e. The third kappa shape index (κ3) is 5.38. The van der Waals surface area contributed by atoms with E-state index < -0.39 is 0 Å². The molecule has 10 heteroatoms. The summed E-state index contributed by atoms with van der Waals surface area (Å²) in [7, 11) is 5.46. The van der Waals surface area contributed by atoms with E-state index in [0.29, 0.717) is 29.4 Å². The molecule has 3 heterocycles. The third-order valence-corrected chi connectivity index (χ3v) is 9.14. The zero-order valence-corrected chi connectivity index (χ0v) is 26.2. The van der Waals surface area contributed by atoms with E-state index >= 15 is 0 Å². The SMILES string of the molecule is COc1ccc2c(c1)C=C(c1c(C=O)nnn1C(C)C)Cn1c-2c(C2CCCCC2)c2ccc(C(=O)NSN(C)C)cc21. The average Bonchev–Trinajstić information content (AvgIpc) is 3.54. The highest BCUT2D eigenvalue weighted by Gasteiger charge is 2.31. The molecule has 1 saturated carbocycles. The Balaban J connectivity index is 1.64. The number of hydrogen-bond acceptors (Lipinski definition) is 7. The van der Waals surface area contributed by atoms with Crippen molar-refractivity contribution in [1.29, 1.82) is 0 Å². The number of carbonyl (C=O) groups is 2. The fourth-order valence-electron chi connectivity index (χ4n) is 6.58. The lowest BCUT2D eigenvalue weighted by atomic mass is 9.81. The smallest absolute Gasteiger partial charge is 0.262 e. The zero-order valence-electron chi connectivity index (χ0n) is 25.4. The average molecular weight is 599 g/mol. The van der Waals surface area contributed by atoms with Crippen LogP contribution in [0.15, 0.2) is 36.4 Å². The van der Waals surface area contributed by atoms with E-state index in [4.69, 9.17) is 4.74 Å². The van der Waals surface area contributed by atoms with E-state index in [-0.39, 0.29) is 11.9 Å². The molecule has 224 valence electrons. The summed E-state index contributed by atoms with van der Waals surface area (Å²) < 4.78 is 14.6. The molecule has 1 N–H and O–H groups in total. The topological polar surface area (TPSA) is 94.3 Å². The highest BCUT2D eigenvalue weighted by Crippen LogP contribution is 2.48. The summed E-state index contributed by atoms with van der Waals surface area (Å²) in [4.78, 5) is 25.4. The number of rotatable bonds is 8. The molecule has 0 bridgehead atoms. The van der Waals surface area contributed by atoms with E-state index in [1.165, 1.54) is 48.0 Å². The number of aldehydes is 1. The van der Waals surface area contributed by atoms with Gasteiger partial charge in [0.1, 0.15) is 5.75 Å². The third-order valence-electron chi connectivity index (χ3n) is 8.50. The van der Waals surface area contributed by atoms with Gasteiger partial charge in [-0.2, -0.15) is 0 Å². The molecule has 2 aromatic heterocycles. The lowest BCUT2D eigenvalue weighted by molar-refractivity contribution is 0.0983. The molecular formula is C33H38N6O3S. The maximum absolute atomic E-state index is 13.2. The van der Waals surface area contributed by atoms with Crippen LogP contribution in [0, 0.1) is 0 Å². The first-order chi connectivity index (χ1) is 20.8. The fraction of sp³-hybridized carbons (Fsp3) is 0.394. The maximum atomic E-state index is 13.2. The van der Waals surface area contributed by atoms with Crippen LogP contribution in [-0.2, 0) is 6.54 Å². The second-order valence-electron chi connectivity index (χ2n) is 11.9. The molecule has 9 nitrogen and oxygen atoms in total. The Morgan fingerprint density at radius 2 is 1.91 bits per heavy atom. The Bertz CT molecular complexity index is 1730. The van der Waals surface area contributed by atoms with Gasteiger partial charge in [-0.05, 0) is 94.2 Å². The number of nitrogens with one attached hydrogen (secondary N) is 1. The van der Waals surface area contributed by atoms with Crippen LogP contribution in [0.25, 0.3) is 33.8 Å². The minimum atomic E-state index is -0.143. The normalized spacial score (nSPS) is 15.3. The molecule has 0 atom stereocenters. The summed E-state index contributed by atoms with van der Waals surface area (Å²) in [5, 5.41) is 9.76. The first kappa shape index (κ1) is 29.2. The molecule has 2 aromatic carbocycles. The number of aromatic nitrogens is 4. The lowest BCUT2D eigenvalue weighted by Gasteiger charge is -2.24. The summed E-state index contributed by atoms with van der Waals surface area (Å²) in [6.45, 7) is 4.57. The second kappa shape index (κ2) is 12.0. The zero-order chi connectivity index (χ0) is 30.2. The van der Waals surface area contributed by atoms with E-state index in [0.717, 1.165) is 47.1 Å². The van der Waals surface area contributed by atoms with Gasteiger partial charge in [0.25, 0.3) is 5.91 Å². The number of amides is 1. The molecule has 0 radical (unpaired) electrons. The molecule has 4 aromatic rings. The second-order valence-corrected chi connectivity index (χ2v) is 13.0. The first-order valence-corrected chi connectivity index (χ1v) is 15.7. The highest BCUT2D eigenvalue weighted by atomic mass is 32.2. The number of allylic oxidation sites excluding steroid dienone is 1. The first-order valence-electron chi connectivity index (χ1n) is 14.9. The van der Waals surface area contributed by atoms with E-state index in [1.807, 2.05) is 55.1 Å². The molecule has 1 aliphatic carbocycles. The predicted octanol–water partition coefficient (Wildman–Crippen LogP) is 6.76. The van der Waals surface area contributed by atoms with Gasteiger partial charge in [0, 0.05) is 45.8 Å². The van der Waals surface area contributed by atoms with Crippen LogP contribution < -0.4 is 9.46 Å². The number of ether oxygens (including phenoxy) is 1. The fourth-order valence-corrected chi connectivity index (χ4v) is 6.96. The van der Waals surface area contributed by atoms with Crippen molar-refractivity contribution in [3.8, 4) is 17.0 Å². The molecule has 1 aliphatic heterocycles. The number of methoxy groups -OCH3 is 1. The number of carbonyl (C=O) groups excluding carboxylic acids is 2. The van der Waals surface area contributed by atoms with Crippen molar-refractivity contribution in [2.45, 2.75) is 64.5 Å². The number of fused-ring (bicyclic) bond motifs is 5. The van der Waals surface area contributed by atoms with Crippen molar-refractivity contribution in [2.24, 2.45) is 0 Å². The van der Waals surface area contributed by atoms with Gasteiger partial charge in [-0.25, -0.2) is 8.99 Å². The van der Waals surface area contributed by atoms with Gasteiger partial charge in [0.15, 0.2) is 12.0 Å². The van der Waals surface area contributed by atoms with Crippen LogP contribution in [0.1, 0.15) is 95.6 Å². The quantitative estimate of drug-likeness (QED) is 0.177. The van der Waals surface area contributed by atoms with Crippen LogP contribution in [0.2, 0.25) is 0 Å². The van der Waals surface area contributed by atoms with Gasteiger partial charge < -0.3 is 9.30 Å². The molecule has 0 saturated heterocycles. The van der Waals surface area contributed by atoms with Gasteiger partial charge in [-0.1, -0.05) is 30.5 Å². The van der Waals surface area contributed by atoms with Gasteiger partial charge in [-0.15, -0.1) is 5.10 Å². The van der Waals surface area contributed by atoms with E-state index in [9.17, 15) is 9.59 Å². The summed E-state index contributed by atoms with van der Waals surface area (Å²) in [5.41, 5.74) is 8.20. The van der Waals surface area contributed by atoms with Crippen molar-refractivity contribution >= 4 is 46.9 Å². The summed E-state index contributed by atoms with van der Waals surface area (Å²) in [6, 6.07) is 12.3. The molecule has 0 unspecified atom stereocenters. The van der Waals surface area contributed by atoms with Crippen molar-refractivity contribution in [3.63, 3.8) is 0 Å². The summed E-state index contributed by atoms with van der Waals surface area (Å²) in [5.74, 6) is 1.04. The number of hydrogen-bond donors (Lipinski definition) is 1. The Hall–Kier alpha value is -3.89. The Morgan fingerprint density at radius 1 is 1.12 bits per heavy atom. The molecule has 2 aliphatic rings. The molecule has 1 fully saturated rings. The predicted molar refractivity (Wildman–Crippen MR) is 172 cm³/mol. The standard InChI is InChI=1S/C33H38N6O3S/c1-20(2)39-31(28(19-40)34-36-39)24-15-23-16-25(42-5)12-14-26(23)32-30(21-9-7-6-8-10-21)27-13-11-22(17-29(27)38(32)18-24)33(41)35-43-37(3)4/h11-17,19-21H,6-10,18H2,1-5H3,(H,35,41). The van der Waals surface area contributed by atoms with E-state index in [2.05, 4.69) is 43.9 Å². The van der Waals surface area contributed by atoms with Gasteiger partial charge in [-0.3, -0.25) is 14.3 Å². The van der Waals surface area contributed by atoms with Crippen LogP contribution in [0.4, 0.5) is 0 Å². The Kier molecular flexibility index (Phi) is 8.15. The van der Waals surface area contributed by atoms with Gasteiger partial charge in [0.2, 0.25) is 0 Å². The Labute approximate surface area is 256 Å². The van der Waals surface area contributed by atoms with Crippen molar-refractivity contribution in [3.05, 3.63) is 64.5 Å². The maximum Gasteiger partial charge on any atom is 0.262 e. The molecule has 0 spiro atoms. The van der Waals surface area contributed by atoms with Gasteiger partial charge in [0.05, 0.1) is 25.0 Å². The van der Waals surface area contributed by atoms with Crippen LogP contribution in [-0.4, -0.2) is 57.3 Å². The monoisotopic (exact) mass is 598 g/mol. The number of benzene rings is 2. The molecule has 1 amide bonds. The van der Waals surface area contributed by atoms with Crippen molar-refractivity contribution in [1.82, 2.24) is 28.6 Å². The van der Waals surface area contributed by atoms with Crippen molar-refractivity contribution in [2.75, 3.05) is 21.2 Å². The van der Waals surface area contributed by atoms with Crippen LogP contribution in [0.5, 0.6) is 5.75 Å². The molecule has 43 heavy (non-hydrogen) atoms.